The summed E-state index contributed by atoms with van der Waals surface area (Å²) in [7, 11) is 6.73. The zero-order valence-corrected chi connectivity index (χ0v) is 27.0. The van der Waals surface area contributed by atoms with Gasteiger partial charge in [0.15, 0.2) is 0 Å². The van der Waals surface area contributed by atoms with Crippen LogP contribution < -0.4 is 0 Å². The third-order valence-electron chi connectivity index (χ3n) is 10.1. The number of hydrogen-bond donors (Lipinski definition) is 0. The first-order valence-electron chi connectivity index (χ1n) is 16.2. The number of quaternary nitrogens is 1. The summed E-state index contributed by atoms with van der Waals surface area (Å²) in [4.78, 5) is 45.1. The molecular formula is C37H49N4O3+. The third kappa shape index (κ3) is 6.65. The Balaban J connectivity index is 1.06. The summed E-state index contributed by atoms with van der Waals surface area (Å²) >= 11 is 0. The molecule has 44 heavy (non-hydrogen) atoms. The molecule has 7 nitrogen and oxygen atoms in total. The summed E-state index contributed by atoms with van der Waals surface area (Å²) < 4.78 is 0.902. The largest absolute Gasteiger partial charge is 0.327 e. The van der Waals surface area contributed by atoms with E-state index in [0.717, 1.165) is 81.5 Å². The zero-order valence-electron chi connectivity index (χ0n) is 27.0. The van der Waals surface area contributed by atoms with Crippen LogP contribution in [0.1, 0.15) is 58.9 Å². The number of likely N-dealkylation sites (N-methyl/N-ethyl adjacent to an activating group) is 2. The number of fused-ring (bicyclic) bond motifs is 1. The average Bonchev–Trinajstić information content (AvgIpc) is 3.77. The highest BCUT2D eigenvalue weighted by atomic mass is 16.2. The average molecular weight is 598 g/mol. The lowest BCUT2D eigenvalue weighted by Crippen LogP contribution is -2.47. The molecule has 1 saturated heterocycles. The second-order valence-corrected chi connectivity index (χ2v) is 13.5. The molecule has 0 aromatic heterocycles. The monoisotopic (exact) mass is 597 g/mol. The van der Waals surface area contributed by atoms with Crippen LogP contribution in [-0.4, -0.2) is 110 Å². The Morgan fingerprint density at radius 3 is 2.25 bits per heavy atom. The highest BCUT2D eigenvalue weighted by Crippen LogP contribution is 2.47. The number of unbranched alkanes of at least 4 members (excludes halogenated alkanes) is 1. The number of ketones is 1. The Kier molecular flexibility index (Phi) is 9.98. The van der Waals surface area contributed by atoms with Crippen molar-refractivity contribution in [2.75, 3.05) is 73.5 Å². The van der Waals surface area contributed by atoms with Gasteiger partial charge >= 0.3 is 0 Å². The van der Waals surface area contributed by atoms with Crippen LogP contribution in [0.25, 0.3) is 0 Å². The van der Waals surface area contributed by atoms with Crippen molar-refractivity contribution >= 4 is 17.6 Å². The van der Waals surface area contributed by atoms with Crippen LogP contribution in [0.5, 0.6) is 0 Å². The summed E-state index contributed by atoms with van der Waals surface area (Å²) in [6.07, 6.45) is 10.1. The molecule has 3 aliphatic rings. The van der Waals surface area contributed by atoms with E-state index >= 15 is 0 Å². The maximum Gasteiger partial charge on any atom is 0.261 e. The van der Waals surface area contributed by atoms with Crippen molar-refractivity contribution in [1.29, 1.82) is 0 Å². The van der Waals surface area contributed by atoms with E-state index in [9.17, 15) is 14.4 Å². The normalized spacial score (nSPS) is 20.0. The minimum absolute atomic E-state index is 0.162. The van der Waals surface area contributed by atoms with Gasteiger partial charge in [0.25, 0.3) is 11.8 Å². The number of likely N-dealkylation sites (tertiary alicyclic amines) is 1. The number of amides is 2. The van der Waals surface area contributed by atoms with E-state index in [4.69, 9.17) is 0 Å². The molecule has 0 radical (unpaired) electrons. The van der Waals surface area contributed by atoms with E-state index in [1.54, 1.807) is 19.1 Å². The number of nitrogens with zero attached hydrogens (tertiary/aromatic N) is 4. The number of carbonyl (C=O) groups excluding carboxylic acids is 3. The number of carbonyl (C=O) groups is 3. The van der Waals surface area contributed by atoms with Gasteiger partial charge in [-0.25, -0.2) is 0 Å². The minimum Gasteiger partial charge on any atom is -0.327 e. The molecule has 0 spiro atoms. The van der Waals surface area contributed by atoms with Crippen LogP contribution in [0, 0.1) is 5.92 Å². The van der Waals surface area contributed by atoms with Gasteiger partial charge in [-0.2, -0.15) is 0 Å². The number of rotatable bonds is 15. The summed E-state index contributed by atoms with van der Waals surface area (Å²) in [5.41, 5.74) is 2.88. The first-order chi connectivity index (χ1) is 21.1. The standard InChI is InChI=1S/C37H49N4O3/c1-29(42)37(31-16-8-9-17-31,30-14-6-5-7-15-30)32-20-22-39(28-32)24-23-38(2)25-27-41(3,4)26-13-12-21-40-35(43)33-18-10-11-19-34(33)36(40)44/h5-11,14-16,18-19,32H,12-13,17,20-28H2,1-4H3/q+1. The van der Waals surface area contributed by atoms with Crippen LogP contribution >= 0.6 is 0 Å². The SMILES string of the molecule is CC(=O)C(C1=CC=CC1)(c1ccccc1)C1CCN(CCN(C)CC[N+](C)(C)CCCCN2C(=O)c3ccccc3C2=O)C1. The maximum absolute atomic E-state index is 13.5. The highest BCUT2D eigenvalue weighted by molar-refractivity contribution is 6.21. The number of imide groups is 1. The molecule has 2 aromatic rings. The molecule has 1 fully saturated rings. The Morgan fingerprint density at radius 1 is 0.932 bits per heavy atom. The Labute approximate surface area is 263 Å². The van der Waals surface area contributed by atoms with E-state index in [1.807, 2.05) is 18.2 Å². The molecule has 234 valence electrons. The fourth-order valence-electron chi connectivity index (χ4n) is 7.46. The second kappa shape index (κ2) is 13.7. The van der Waals surface area contributed by atoms with Gasteiger partial charge < -0.3 is 9.38 Å². The predicted molar refractivity (Wildman–Crippen MR) is 176 cm³/mol. The van der Waals surface area contributed by atoms with Crippen molar-refractivity contribution < 1.29 is 18.9 Å². The third-order valence-corrected chi connectivity index (χ3v) is 10.1. The highest BCUT2D eigenvalue weighted by Gasteiger charge is 2.49. The summed E-state index contributed by atoms with van der Waals surface area (Å²) in [6.45, 7) is 9.26. The first-order valence-corrected chi connectivity index (χ1v) is 16.2. The van der Waals surface area contributed by atoms with Crippen molar-refractivity contribution in [2.45, 2.75) is 38.0 Å². The summed E-state index contributed by atoms with van der Waals surface area (Å²) in [5, 5.41) is 0. The molecule has 0 N–H and O–H groups in total. The number of benzene rings is 2. The number of allylic oxidation sites excluding steroid dienone is 4. The minimum atomic E-state index is -0.549. The Hall–Kier alpha value is -3.39. The van der Waals surface area contributed by atoms with Crippen molar-refractivity contribution in [3.63, 3.8) is 0 Å². The van der Waals surface area contributed by atoms with Crippen LogP contribution in [-0.2, 0) is 10.2 Å². The molecule has 2 amide bonds. The fourth-order valence-corrected chi connectivity index (χ4v) is 7.46. The van der Waals surface area contributed by atoms with E-state index < -0.39 is 5.41 Å². The molecule has 2 aromatic carbocycles. The molecule has 0 bridgehead atoms. The molecule has 2 unspecified atom stereocenters. The summed E-state index contributed by atoms with van der Waals surface area (Å²) in [5.74, 6) is 0.205. The maximum atomic E-state index is 13.5. The van der Waals surface area contributed by atoms with Gasteiger partial charge in [-0.15, -0.1) is 0 Å². The van der Waals surface area contributed by atoms with Crippen LogP contribution in [0.15, 0.2) is 78.4 Å². The molecule has 2 aliphatic heterocycles. The number of hydrogen-bond acceptors (Lipinski definition) is 5. The first kappa shape index (κ1) is 32.0. The van der Waals surface area contributed by atoms with Crippen molar-refractivity contribution in [2.24, 2.45) is 5.92 Å². The van der Waals surface area contributed by atoms with Gasteiger partial charge in [0.1, 0.15) is 5.78 Å². The Morgan fingerprint density at radius 2 is 1.61 bits per heavy atom. The van der Waals surface area contributed by atoms with Crippen LogP contribution in [0.3, 0.4) is 0 Å². The van der Waals surface area contributed by atoms with Gasteiger partial charge in [0.2, 0.25) is 0 Å². The molecule has 2 heterocycles. The predicted octanol–water partition coefficient (Wildman–Crippen LogP) is 4.81. The fraction of sp³-hybridized carbons (Fsp3) is 0.486. The van der Waals surface area contributed by atoms with Gasteiger partial charge in [0, 0.05) is 32.7 Å². The molecule has 0 saturated carbocycles. The molecule has 5 rings (SSSR count). The Bertz CT molecular complexity index is 1380. The van der Waals surface area contributed by atoms with E-state index in [0.29, 0.717) is 17.7 Å². The van der Waals surface area contributed by atoms with Crippen molar-refractivity contribution in [3.05, 3.63) is 95.1 Å². The molecule has 1 aliphatic carbocycles. The lowest BCUT2D eigenvalue weighted by atomic mass is 9.62. The van der Waals surface area contributed by atoms with Gasteiger partial charge in [-0.1, -0.05) is 60.7 Å². The van der Waals surface area contributed by atoms with E-state index in [2.05, 4.69) is 73.4 Å². The lowest BCUT2D eigenvalue weighted by molar-refractivity contribution is -0.890. The topological polar surface area (TPSA) is 60.9 Å². The van der Waals surface area contributed by atoms with Crippen molar-refractivity contribution in [1.82, 2.24) is 14.7 Å². The van der Waals surface area contributed by atoms with Gasteiger partial charge in [-0.05, 0) is 75.4 Å². The second-order valence-electron chi connectivity index (χ2n) is 13.5. The summed E-state index contributed by atoms with van der Waals surface area (Å²) in [6, 6.07) is 17.5. The van der Waals surface area contributed by atoms with E-state index in [-0.39, 0.29) is 23.5 Å². The molecule has 2 atom stereocenters. The van der Waals surface area contributed by atoms with Gasteiger partial charge in [0.05, 0.1) is 43.7 Å². The van der Waals surface area contributed by atoms with E-state index in [1.165, 1.54) is 10.5 Å². The van der Waals surface area contributed by atoms with Crippen LogP contribution in [0.2, 0.25) is 0 Å². The smallest absolute Gasteiger partial charge is 0.261 e. The van der Waals surface area contributed by atoms with Crippen molar-refractivity contribution in [3.8, 4) is 0 Å². The lowest BCUT2D eigenvalue weighted by Gasteiger charge is -2.39. The van der Waals surface area contributed by atoms with Crippen LogP contribution in [0.4, 0.5) is 0 Å². The molecular weight excluding hydrogens is 548 g/mol. The zero-order chi connectivity index (χ0) is 31.3. The van der Waals surface area contributed by atoms with Gasteiger partial charge in [-0.3, -0.25) is 24.2 Å². The molecule has 7 heteroatoms. The number of Topliss-reactive ketones (excluding diaryl/α,β-unsaturated/α-hetero) is 1. The quantitative estimate of drug-likeness (QED) is 0.168.